The third-order valence-corrected chi connectivity index (χ3v) is 5.55. The van der Waals surface area contributed by atoms with Crippen LogP contribution in [0.3, 0.4) is 0 Å². The second-order valence-corrected chi connectivity index (χ2v) is 7.71. The van der Waals surface area contributed by atoms with Crippen LogP contribution in [-0.2, 0) is 6.18 Å². The molecule has 1 aromatic heterocycles. The molecule has 1 aliphatic rings. The molecule has 1 aliphatic heterocycles. The van der Waals surface area contributed by atoms with Crippen LogP contribution >= 0.6 is 0 Å². The molecule has 5 nitrogen and oxygen atoms in total. The summed E-state index contributed by atoms with van der Waals surface area (Å²) in [6.45, 7) is 3.30. The Morgan fingerprint density at radius 3 is 2.84 bits per heavy atom. The van der Waals surface area contributed by atoms with Gasteiger partial charge in [0.15, 0.2) is 5.58 Å². The van der Waals surface area contributed by atoms with E-state index in [0.29, 0.717) is 35.6 Å². The van der Waals surface area contributed by atoms with Crippen molar-refractivity contribution in [3.05, 3.63) is 53.9 Å². The second kappa shape index (κ2) is 8.61. The van der Waals surface area contributed by atoms with E-state index in [0.717, 1.165) is 31.7 Å². The number of nitrogens with zero attached hydrogens (tertiary/aromatic N) is 2. The van der Waals surface area contributed by atoms with Gasteiger partial charge < -0.3 is 14.6 Å². The number of amides is 2. The number of unbranched alkanes of at least 4 members (excludes halogenated alkanes) is 1. The third kappa shape index (κ3) is 4.38. The number of rotatable bonds is 5. The van der Waals surface area contributed by atoms with Crippen molar-refractivity contribution in [3.8, 4) is 11.1 Å². The number of nitrogens with one attached hydrogen (secondary N) is 1. The van der Waals surface area contributed by atoms with Crippen LogP contribution in [0.15, 0.2) is 46.9 Å². The Bertz CT molecular complexity index is 1080. The van der Waals surface area contributed by atoms with Gasteiger partial charge in [0, 0.05) is 13.1 Å². The highest BCUT2D eigenvalue weighted by Gasteiger charge is 2.35. The summed E-state index contributed by atoms with van der Waals surface area (Å²) >= 11 is 0. The summed E-state index contributed by atoms with van der Waals surface area (Å²) in [5.41, 5.74) is 0.785. The van der Waals surface area contributed by atoms with E-state index in [4.69, 9.17) is 4.42 Å². The number of benzene rings is 2. The van der Waals surface area contributed by atoms with Crippen molar-refractivity contribution in [2.24, 2.45) is 0 Å². The normalized spacial score (nSPS) is 16.8. The Morgan fingerprint density at radius 1 is 1.26 bits per heavy atom. The van der Waals surface area contributed by atoms with Gasteiger partial charge in [0.2, 0.25) is 5.89 Å². The molecular weight excluding hydrogens is 407 g/mol. The second-order valence-electron chi connectivity index (χ2n) is 7.71. The highest BCUT2D eigenvalue weighted by molar-refractivity contribution is 5.82. The van der Waals surface area contributed by atoms with Crippen LogP contribution in [0.2, 0.25) is 0 Å². The van der Waals surface area contributed by atoms with E-state index < -0.39 is 11.7 Å². The Kier molecular flexibility index (Phi) is 5.89. The monoisotopic (exact) mass is 431 g/mol. The Morgan fingerprint density at radius 2 is 2.06 bits per heavy atom. The molecule has 1 fully saturated rings. The van der Waals surface area contributed by atoms with E-state index in [2.05, 4.69) is 17.2 Å². The first-order valence-electron chi connectivity index (χ1n) is 10.5. The van der Waals surface area contributed by atoms with Crippen LogP contribution in [0.25, 0.3) is 22.2 Å². The van der Waals surface area contributed by atoms with E-state index in [-0.39, 0.29) is 17.6 Å². The van der Waals surface area contributed by atoms with Crippen LogP contribution in [0.5, 0.6) is 0 Å². The molecule has 8 heteroatoms. The Labute approximate surface area is 178 Å². The summed E-state index contributed by atoms with van der Waals surface area (Å²) in [5, 5.41) is 2.92. The molecule has 4 rings (SSSR count). The van der Waals surface area contributed by atoms with Crippen molar-refractivity contribution in [3.63, 3.8) is 0 Å². The largest absolute Gasteiger partial charge is 0.438 e. The van der Waals surface area contributed by atoms with Crippen LogP contribution < -0.4 is 5.32 Å². The molecular formula is C23H24F3N3O2. The number of likely N-dealkylation sites (tertiary alicyclic amines) is 1. The van der Waals surface area contributed by atoms with E-state index in [1.54, 1.807) is 29.2 Å². The molecule has 2 amide bonds. The molecule has 0 radical (unpaired) electrons. The quantitative estimate of drug-likeness (QED) is 0.492. The average molecular weight is 431 g/mol. The zero-order valence-electron chi connectivity index (χ0n) is 17.2. The average Bonchev–Trinajstić information content (AvgIpc) is 3.39. The molecule has 1 saturated heterocycles. The predicted molar refractivity (Wildman–Crippen MR) is 111 cm³/mol. The number of halogens is 3. The van der Waals surface area contributed by atoms with Crippen LogP contribution in [0.1, 0.15) is 50.1 Å². The Balaban J connectivity index is 1.62. The lowest BCUT2D eigenvalue weighted by Gasteiger charge is -2.22. The zero-order chi connectivity index (χ0) is 22.0. The van der Waals surface area contributed by atoms with Gasteiger partial charge >= 0.3 is 12.2 Å². The fraction of sp³-hybridized carbons (Fsp3) is 0.391. The molecule has 2 aromatic carbocycles. The summed E-state index contributed by atoms with van der Waals surface area (Å²) in [6, 6.07) is 9.90. The summed E-state index contributed by atoms with van der Waals surface area (Å²) in [6.07, 6.45) is -0.966. The molecule has 1 N–H and O–H groups in total. The lowest BCUT2D eigenvalue weighted by Crippen LogP contribution is -2.39. The lowest BCUT2D eigenvalue weighted by atomic mass is 9.99. The number of oxazole rings is 1. The van der Waals surface area contributed by atoms with Crippen LogP contribution in [-0.4, -0.2) is 29.0 Å². The first kappa shape index (κ1) is 21.2. The van der Waals surface area contributed by atoms with Gasteiger partial charge in [-0.3, -0.25) is 0 Å². The number of aromatic nitrogens is 1. The number of alkyl halides is 3. The third-order valence-electron chi connectivity index (χ3n) is 5.55. The van der Waals surface area contributed by atoms with E-state index >= 15 is 0 Å². The van der Waals surface area contributed by atoms with Crippen molar-refractivity contribution in [2.45, 2.75) is 44.8 Å². The van der Waals surface area contributed by atoms with Crippen molar-refractivity contribution in [1.82, 2.24) is 15.2 Å². The van der Waals surface area contributed by atoms with Gasteiger partial charge in [-0.15, -0.1) is 0 Å². The maximum absolute atomic E-state index is 13.4. The van der Waals surface area contributed by atoms with Crippen molar-refractivity contribution in [2.75, 3.05) is 13.1 Å². The molecule has 2 heterocycles. The smallest absolute Gasteiger partial charge is 0.417 e. The van der Waals surface area contributed by atoms with E-state index in [1.807, 2.05) is 0 Å². The molecule has 0 spiro atoms. The summed E-state index contributed by atoms with van der Waals surface area (Å²) in [5.74, 6) is 0.416. The van der Waals surface area contributed by atoms with Crippen LogP contribution in [0.4, 0.5) is 18.0 Å². The first-order valence-corrected chi connectivity index (χ1v) is 10.5. The van der Waals surface area contributed by atoms with Gasteiger partial charge in [-0.1, -0.05) is 37.6 Å². The van der Waals surface area contributed by atoms with Gasteiger partial charge in [0.1, 0.15) is 11.6 Å². The lowest BCUT2D eigenvalue weighted by molar-refractivity contribution is -0.137. The van der Waals surface area contributed by atoms with Gasteiger partial charge in [-0.2, -0.15) is 13.2 Å². The molecule has 31 heavy (non-hydrogen) atoms. The topological polar surface area (TPSA) is 58.4 Å². The number of hydrogen-bond acceptors (Lipinski definition) is 3. The Hall–Kier alpha value is -3.03. The molecule has 164 valence electrons. The maximum atomic E-state index is 13.4. The fourth-order valence-electron chi connectivity index (χ4n) is 3.98. The molecule has 3 aromatic rings. The summed E-state index contributed by atoms with van der Waals surface area (Å²) in [4.78, 5) is 18.8. The van der Waals surface area contributed by atoms with Gasteiger partial charge in [0.05, 0.1) is 5.56 Å². The van der Waals surface area contributed by atoms with E-state index in [1.165, 1.54) is 12.1 Å². The summed E-state index contributed by atoms with van der Waals surface area (Å²) in [7, 11) is 0. The SMILES string of the molecule is CCCCNC(=O)N1CCC[C@@H]1c1nc2cc(-c3ccccc3C(F)(F)F)ccc2o1. The van der Waals surface area contributed by atoms with Crippen molar-refractivity contribution < 1.29 is 22.4 Å². The molecule has 0 bridgehead atoms. The number of carbonyl (C=O) groups excluding carboxylic acids is 1. The van der Waals surface area contributed by atoms with Gasteiger partial charge in [-0.25, -0.2) is 9.78 Å². The summed E-state index contributed by atoms with van der Waals surface area (Å²) < 4.78 is 46.1. The maximum Gasteiger partial charge on any atom is 0.417 e. The predicted octanol–water partition coefficient (Wildman–Crippen LogP) is 6.16. The highest BCUT2D eigenvalue weighted by atomic mass is 19.4. The standard InChI is InChI=1S/C23H24F3N3O2/c1-2-3-12-27-22(30)29-13-6-9-19(29)21-28-18-14-15(10-11-20(18)31-21)16-7-4-5-8-17(16)23(24,25)26/h4-5,7-8,10-11,14,19H,2-3,6,9,12-13H2,1H3,(H,27,30)/t19-/m1/s1. The molecule has 0 saturated carbocycles. The number of carbonyl (C=O) groups is 1. The minimum atomic E-state index is -4.45. The highest BCUT2D eigenvalue weighted by Crippen LogP contribution is 2.38. The molecule has 0 aliphatic carbocycles. The minimum Gasteiger partial charge on any atom is -0.438 e. The fourth-order valence-corrected chi connectivity index (χ4v) is 3.98. The molecule has 1 atom stereocenters. The van der Waals surface area contributed by atoms with Crippen LogP contribution in [0, 0.1) is 0 Å². The van der Waals surface area contributed by atoms with Gasteiger partial charge in [0.25, 0.3) is 0 Å². The number of fused-ring (bicyclic) bond motifs is 1. The zero-order valence-corrected chi connectivity index (χ0v) is 17.2. The van der Waals surface area contributed by atoms with Gasteiger partial charge in [-0.05, 0) is 48.6 Å². The van der Waals surface area contributed by atoms with Crippen molar-refractivity contribution in [1.29, 1.82) is 0 Å². The first-order chi connectivity index (χ1) is 14.9. The van der Waals surface area contributed by atoms with Crippen molar-refractivity contribution >= 4 is 17.1 Å². The minimum absolute atomic E-state index is 0.0965. The number of hydrogen-bond donors (Lipinski definition) is 1. The van der Waals surface area contributed by atoms with E-state index in [9.17, 15) is 18.0 Å². The number of urea groups is 1. The molecule has 0 unspecified atom stereocenters.